The lowest BCUT2D eigenvalue weighted by atomic mass is 10.1. The van der Waals surface area contributed by atoms with Crippen LogP contribution in [0.5, 0.6) is 0 Å². The number of rotatable bonds is 8. The molecule has 11 nitrogen and oxygen atoms in total. The number of aryl methyl sites for hydroxylation is 1. The van der Waals surface area contributed by atoms with E-state index < -0.39 is 36.4 Å². The van der Waals surface area contributed by atoms with E-state index in [-0.39, 0.29) is 58.3 Å². The van der Waals surface area contributed by atoms with Gasteiger partial charge in [0.1, 0.15) is 10.7 Å². The molecule has 2 aromatic carbocycles. The van der Waals surface area contributed by atoms with Crippen molar-refractivity contribution in [3.63, 3.8) is 0 Å². The summed E-state index contributed by atoms with van der Waals surface area (Å²) in [7, 11) is -5.37. The molecule has 0 spiro atoms. The molecule has 4 fully saturated rings. The van der Waals surface area contributed by atoms with E-state index in [1.54, 1.807) is 12.3 Å². The second-order valence-corrected chi connectivity index (χ2v) is 17.9. The third-order valence-electron chi connectivity index (χ3n) is 9.84. The third kappa shape index (κ3) is 5.51. The minimum atomic E-state index is -4.47. The molecule has 3 unspecified atom stereocenters. The molecule has 0 radical (unpaired) electrons. The fraction of sp³-hybridized carbons (Fsp3) is 0.406. The average Bonchev–Trinajstić information content (AvgIpc) is 3.32. The van der Waals surface area contributed by atoms with Gasteiger partial charge in [0.15, 0.2) is 20.8 Å². The number of piperazine rings is 1. The van der Waals surface area contributed by atoms with Gasteiger partial charge in [-0.2, -0.15) is 0 Å². The molecule has 16 heteroatoms. The monoisotopic (exact) mass is 713 g/mol. The Morgan fingerprint density at radius 1 is 0.979 bits per heavy atom. The number of anilines is 3. The lowest BCUT2D eigenvalue weighted by molar-refractivity contribution is 0.264. The fourth-order valence-electron chi connectivity index (χ4n) is 7.62. The van der Waals surface area contributed by atoms with E-state index in [1.165, 1.54) is 48.6 Å². The lowest BCUT2D eigenvalue weighted by Crippen LogP contribution is -2.52. The predicted molar refractivity (Wildman–Crippen MR) is 180 cm³/mol. The number of thiazole rings is 1. The maximum absolute atomic E-state index is 16.5. The Balaban J connectivity index is 1.18. The number of benzene rings is 2. The van der Waals surface area contributed by atoms with Gasteiger partial charge in [-0.05, 0) is 68.5 Å². The first-order valence-electron chi connectivity index (χ1n) is 15.7. The number of hydrogen-bond acceptors (Lipinski definition) is 11. The smallest absolute Gasteiger partial charge is 0.265 e. The van der Waals surface area contributed by atoms with Crippen LogP contribution in [0.1, 0.15) is 18.4 Å². The molecule has 4 aromatic rings. The van der Waals surface area contributed by atoms with E-state index >= 15 is 4.39 Å². The van der Waals surface area contributed by atoms with Crippen LogP contribution >= 0.6 is 11.3 Å². The van der Waals surface area contributed by atoms with Crippen LogP contribution in [0.15, 0.2) is 53.6 Å². The number of nitrogens with zero attached hydrogens (tertiary/aromatic N) is 5. The number of fused-ring (bicyclic) bond motifs is 3. The van der Waals surface area contributed by atoms with Crippen molar-refractivity contribution < 1.29 is 25.6 Å². The molecular weight excluding hydrogens is 681 g/mol. The molecule has 1 aliphatic carbocycles. The largest absolute Gasteiger partial charge is 0.351 e. The molecule has 3 aliphatic heterocycles. The van der Waals surface area contributed by atoms with Crippen molar-refractivity contribution in [3.05, 3.63) is 65.9 Å². The highest BCUT2D eigenvalue weighted by molar-refractivity contribution is 7.92. The van der Waals surface area contributed by atoms with Gasteiger partial charge in [0.25, 0.3) is 10.0 Å². The Labute approximate surface area is 281 Å². The van der Waals surface area contributed by atoms with Crippen molar-refractivity contribution >= 4 is 48.0 Å². The van der Waals surface area contributed by atoms with Crippen molar-refractivity contribution in [1.82, 2.24) is 19.9 Å². The topological polar surface area (TPSA) is 137 Å². The highest BCUT2D eigenvalue weighted by Gasteiger charge is 2.59. The molecule has 2 bridgehead atoms. The van der Waals surface area contributed by atoms with Gasteiger partial charge in [-0.1, -0.05) is 29.5 Å². The number of nitrogens with one attached hydrogen (secondary N) is 2. The van der Waals surface area contributed by atoms with Crippen LogP contribution in [0.2, 0.25) is 0 Å². The van der Waals surface area contributed by atoms with E-state index in [1.807, 2.05) is 0 Å². The summed E-state index contributed by atoms with van der Waals surface area (Å²) in [6.45, 7) is 3.23. The molecule has 5 atom stereocenters. The molecular formula is C32H33F2N7O4S3. The molecule has 2 aromatic heterocycles. The van der Waals surface area contributed by atoms with Crippen LogP contribution in [-0.2, 0) is 19.9 Å². The molecule has 2 N–H and O–H groups in total. The fourth-order valence-corrected chi connectivity index (χ4v) is 12.4. The number of sulfone groups is 1. The highest BCUT2D eigenvalue weighted by Crippen LogP contribution is 2.49. The predicted octanol–water partition coefficient (Wildman–Crippen LogP) is 4.39. The van der Waals surface area contributed by atoms with Crippen molar-refractivity contribution in [3.8, 4) is 21.8 Å². The van der Waals surface area contributed by atoms with Gasteiger partial charge in [0.05, 0.1) is 33.5 Å². The second kappa shape index (κ2) is 11.4. The molecule has 4 aliphatic rings. The summed E-state index contributed by atoms with van der Waals surface area (Å²) in [6, 6.07) is 10.5. The zero-order valence-corrected chi connectivity index (χ0v) is 28.5. The lowest BCUT2D eigenvalue weighted by Gasteiger charge is -2.39. The van der Waals surface area contributed by atoms with Crippen LogP contribution in [0.3, 0.4) is 0 Å². The Bertz CT molecular complexity index is 2110. The van der Waals surface area contributed by atoms with Gasteiger partial charge < -0.3 is 15.1 Å². The van der Waals surface area contributed by atoms with Crippen LogP contribution < -0.4 is 14.9 Å². The van der Waals surface area contributed by atoms with Gasteiger partial charge in [-0.3, -0.25) is 4.72 Å². The summed E-state index contributed by atoms with van der Waals surface area (Å²) in [4.78, 5) is 18.8. The van der Waals surface area contributed by atoms with Gasteiger partial charge in [-0.15, -0.1) is 0 Å². The number of likely N-dealkylation sites (N-methyl/N-ethyl adjacent to an activating group) is 1. The van der Waals surface area contributed by atoms with Crippen molar-refractivity contribution in [1.29, 1.82) is 0 Å². The quantitative estimate of drug-likeness (QED) is 0.271. The standard InChI is InChI=1S/C32H33F2N7O4S3/c1-17-5-3-7-23(33)30(17)48(44,45)39-24-8-4-6-20(26(24)34)28-29(46-32(38-28)41-18-9-10-19(41)14-40(2)13-18)25-11-12-35-31(36-25)37-27-21-15-47(42,43)16-22(21)27/h3-8,11-12,18-19,21-22,27,39H,9-10,13-16H2,1-2H3,(H,35,36,37)/t18?,19?,21-,22+,27?. The number of halogens is 2. The van der Waals surface area contributed by atoms with Gasteiger partial charge in [-0.25, -0.2) is 40.6 Å². The zero-order valence-electron chi connectivity index (χ0n) is 26.1. The summed E-state index contributed by atoms with van der Waals surface area (Å²) < 4.78 is 83.8. The molecule has 5 heterocycles. The van der Waals surface area contributed by atoms with E-state index in [0.29, 0.717) is 22.2 Å². The van der Waals surface area contributed by atoms with Crippen molar-refractivity contribution in [2.45, 2.75) is 42.8 Å². The van der Waals surface area contributed by atoms with Gasteiger partial charge in [0, 0.05) is 43.0 Å². The van der Waals surface area contributed by atoms with E-state index in [4.69, 9.17) is 9.97 Å². The summed E-state index contributed by atoms with van der Waals surface area (Å²) >= 11 is 1.39. The first-order valence-corrected chi connectivity index (χ1v) is 19.9. The zero-order chi connectivity index (χ0) is 33.5. The number of likely N-dealkylation sites (tertiary alicyclic amines) is 1. The summed E-state index contributed by atoms with van der Waals surface area (Å²) in [6.07, 6.45) is 3.63. The van der Waals surface area contributed by atoms with Crippen LogP contribution in [0.4, 0.5) is 25.5 Å². The van der Waals surface area contributed by atoms with Gasteiger partial charge >= 0.3 is 0 Å². The van der Waals surface area contributed by atoms with E-state index in [0.717, 1.165) is 37.1 Å². The normalized spacial score (nSPS) is 26.0. The Hall–Kier alpha value is -3.73. The Morgan fingerprint density at radius 3 is 2.40 bits per heavy atom. The number of aromatic nitrogens is 3. The van der Waals surface area contributed by atoms with Crippen molar-refractivity contribution in [2.24, 2.45) is 11.8 Å². The molecule has 3 saturated heterocycles. The first-order chi connectivity index (χ1) is 22.9. The van der Waals surface area contributed by atoms with E-state index in [9.17, 15) is 21.2 Å². The second-order valence-electron chi connectivity index (χ2n) is 13.2. The number of hydrogen-bond donors (Lipinski definition) is 2. The molecule has 252 valence electrons. The minimum Gasteiger partial charge on any atom is -0.351 e. The van der Waals surface area contributed by atoms with Crippen LogP contribution in [0.25, 0.3) is 21.8 Å². The Kier molecular flexibility index (Phi) is 7.50. The first kappa shape index (κ1) is 31.5. The summed E-state index contributed by atoms with van der Waals surface area (Å²) in [5.41, 5.74) is 0.716. The highest BCUT2D eigenvalue weighted by atomic mass is 32.2. The molecule has 48 heavy (non-hydrogen) atoms. The van der Waals surface area contributed by atoms with E-state index in [2.05, 4.69) is 31.9 Å². The molecule has 1 saturated carbocycles. The van der Waals surface area contributed by atoms with Gasteiger partial charge in [0.2, 0.25) is 5.95 Å². The minimum absolute atomic E-state index is 0.0264. The summed E-state index contributed by atoms with van der Waals surface area (Å²) in [5.74, 6) is -1.07. The molecule has 0 amide bonds. The third-order valence-corrected chi connectivity index (χ3v) is 14.3. The van der Waals surface area contributed by atoms with Crippen molar-refractivity contribution in [2.75, 3.05) is 46.6 Å². The molecule has 8 rings (SSSR count). The SMILES string of the molecule is Cc1cccc(F)c1S(=O)(=O)Nc1cccc(-c2nc(N3C4CCC3CN(C)C4)sc2-c2ccnc(NC3[C@H]4CS(=O)(=O)C[C@@H]34)n2)c1F. The average molecular weight is 714 g/mol. The maximum atomic E-state index is 16.5. The number of sulfonamides is 1. The Morgan fingerprint density at radius 2 is 1.69 bits per heavy atom. The maximum Gasteiger partial charge on any atom is 0.265 e. The van der Waals surface area contributed by atoms with Crippen LogP contribution in [0, 0.1) is 30.4 Å². The summed E-state index contributed by atoms with van der Waals surface area (Å²) in [5, 5.41) is 4.02. The van der Waals surface area contributed by atoms with Crippen LogP contribution in [-0.4, -0.2) is 86.5 Å².